The molecule has 1 aliphatic rings. The number of hydrogen-bond acceptors (Lipinski definition) is 5. The fourth-order valence-corrected chi connectivity index (χ4v) is 2.52. The van der Waals surface area contributed by atoms with Gasteiger partial charge in [0.15, 0.2) is 0 Å². The average Bonchev–Trinajstić information content (AvgIpc) is 3.09. The lowest BCUT2D eigenvalue weighted by atomic mass is 10.0. The van der Waals surface area contributed by atoms with Crippen LogP contribution in [0.15, 0.2) is 41.7 Å². The van der Waals surface area contributed by atoms with Crippen molar-refractivity contribution in [3.63, 3.8) is 0 Å². The van der Waals surface area contributed by atoms with E-state index in [1.165, 1.54) is 0 Å². The normalized spacial score (nSPS) is 16.8. The van der Waals surface area contributed by atoms with Gasteiger partial charge >= 0.3 is 0 Å². The lowest BCUT2D eigenvalue weighted by Crippen LogP contribution is -2.37. The third-order valence-electron chi connectivity index (χ3n) is 3.91. The lowest BCUT2D eigenvalue weighted by molar-refractivity contribution is -0.131. The fraction of sp³-hybridized carbons (Fsp3) is 0.389. The van der Waals surface area contributed by atoms with Gasteiger partial charge in [0.05, 0.1) is 12.3 Å². The van der Waals surface area contributed by atoms with E-state index in [0.717, 1.165) is 16.6 Å². The number of nitrogens with zero attached hydrogens (tertiary/aromatic N) is 2. The van der Waals surface area contributed by atoms with Gasteiger partial charge in [-0.3, -0.25) is 9.78 Å². The minimum absolute atomic E-state index is 0.158. The van der Waals surface area contributed by atoms with Crippen molar-refractivity contribution in [3.05, 3.63) is 36.5 Å². The number of fused-ring (bicyclic) bond motifs is 1. The number of aromatic nitrogens is 1. The molecule has 1 aliphatic heterocycles. The lowest BCUT2D eigenvalue weighted by Gasteiger charge is -2.11. The van der Waals surface area contributed by atoms with Gasteiger partial charge in [0.1, 0.15) is 17.9 Å². The maximum Gasteiger partial charge on any atom is 0.264 e. The van der Waals surface area contributed by atoms with Gasteiger partial charge in [0.2, 0.25) is 6.10 Å². The number of benzene rings is 1. The second-order valence-corrected chi connectivity index (χ2v) is 6.01. The Morgan fingerprint density at radius 3 is 3.00 bits per heavy atom. The second kappa shape index (κ2) is 7.29. The van der Waals surface area contributed by atoms with Crippen LogP contribution in [-0.2, 0) is 9.63 Å². The van der Waals surface area contributed by atoms with Crippen LogP contribution in [0.2, 0.25) is 0 Å². The molecule has 6 heteroatoms. The average molecular weight is 327 g/mol. The van der Waals surface area contributed by atoms with Crippen molar-refractivity contribution in [2.24, 2.45) is 11.1 Å². The quantitative estimate of drug-likeness (QED) is 0.828. The van der Waals surface area contributed by atoms with E-state index in [1.54, 1.807) is 6.20 Å². The van der Waals surface area contributed by atoms with E-state index in [4.69, 9.17) is 9.57 Å². The molecule has 1 aromatic heterocycles. The van der Waals surface area contributed by atoms with Gasteiger partial charge in [-0.2, -0.15) is 0 Å². The Bertz CT molecular complexity index is 753. The zero-order chi connectivity index (χ0) is 16.9. The Labute approximate surface area is 140 Å². The molecular weight excluding hydrogens is 306 g/mol. The van der Waals surface area contributed by atoms with Crippen LogP contribution in [0.3, 0.4) is 0 Å². The third kappa shape index (κ3) is 3.64. The molecule has 126 valence electrons. The van der Waals surface area contributed by atoms with Crippen LogP contribution < -0.4 is 10.1 Å². The summed E-state index contributed by atoms with van der Waals surface area (Å²) in [6.07, 6.45) is 1.76. The highest BCUT2D eigenvalue weighted by atomic mass is 16.6. The first-order valence-electron chi connectivity index (χ1n) is 8.12. The van der Waals surface area contributed by atoms with Crippen molar-refractivity contribution in [2.45, 2.75) is 26.4 Å². The first kappa shape index (κ1) is 16.2. The highest BCUT2D eigenvalue weighted by molar-refractivity contribution is 5.93. The predicted octanol–water partition coefficient (Wildman–Crippen LogP) is 2.53. The van der Waals surface area contributed by atoms with E-state index < -0.39 is 6.10 Å². The smallest absolute Gasteiger partial charge is 0.264 e. The molecule has 0 bridgehead atoms. The number of rotatable bonds is 6. The van der Waals surface area contributed by atoms with E-state index in [0.29, 0.717) is 31.2 Å². The van der Waals surface area contributed by atoms with E-state index in [2.05, 4.69) is 15.5 Å². The highest BCUT2D eigenvalue weighted by Crippen LogP contribution is 2.22. The maximum atomic E-state index is 12.1. The van der Waals surface area contributed by atoms with Crippen LogP contribution in [0.4, 0.5) is 0 Å². The Hall–Kier alpha value is -2.63. The molecule has 0 fully saturated rings. The summed E-state index contributed by atoms with van der Waals surface area (Å²) in [4.78, 5) is 21.6. The molecule has 1 aromatic carbocycles. The molecule has 0 spiro atoms. The summed E-state index contributed by atoms with van der Waals surface area (Å²) in [6.45, 7) is 4.84. The van der Waals surface area contributed by atoms with Gasteiger partial charge in [-0.25, -0.2) is 0 Å². The molecule has 1 atom stereocenters. The van der Waals surface area contributed by atoms with Gasteiger partial charge in [0.25, 0.3) is 5.91 Å². The Morgan fingerprint density at radius 2 is 2.21 bits per heavy atom. The predicted molar refractivity (Wildman–Crippen MR) is 92.0 cm³/mol. The zero-order valence-electron chi connectivity index (χ0n) is 13.9. The van der Waals surface area contributed by atoms with Gasteiger partial charge < -0.3 is 14.9 Å². The molecule has 1 amide bonds. The fourth-order valence-electron chi connectivity index (χ4n) is 2.52. The molecule has 6 nitrogen and oxygen atoms in total. The van der Waals surface area contributed by atoms with Crippen molar-refractivity contribution in [3.8, 4) is 5.75 Å². The topological polar surface area (TPSA) is 72.8 Å². The van der Waals surface area contributed by atoms with Crippen LogP contribution in [0.25, 0.3) is 10.9 Å². The number of oxime groups is 1. The van der Waals surface area contributed by atoms with Gasteiger partial charge in [-0.05, 0) is 18.1 Å². The molecule has 2 heterocycles. The summed E-state index contributed by atoms with van der Waals surface area (Å²) in [5.74, 6) is 0.851. The number of carbonyl (C=O) groups excluding carboxylic acids is 1. The van der Waals surface area contributed by atoms with E-state index >= 15 is 0 Å². The number of hydrogen-bond donors (Lipinski definition) is 1. The van der Waals surface area contributed by atoms with E-state index in [-0.39, 0.29) is 5.91 Å². The van der Waals surface area contributed by atoms with Crippen LogP contribution in [0.1, 0.15) is 20.3 Å². The molecule has 2 aromatic rings. The summed E-state index contributed by atoms with van der Waals surface area (Å²) < 4.78 is 5.74. The van der Waals surface area contributed by atoms with Crippen molar-refractivity contribution < 1.29 is 14.4 Å². The number of para-hydroxylation sites is 1. The van der Waals surface area contributed by atoms with Crippen LogP contribution in [0, 0.1) is 5.92 Å². The largest absolute Gasteiger partial charge is 0.489 e. The highest BCUT2D eigenvalue weighted by Gasteiger charge is 2.28. The van der Waals surface area contributed by atoms with E-state index in [1.807, 2.05) is 44.2 Å². The summed E-state index contributed by atoms with van der Waals surface area (Å²) >= 11 is 0. The number of amides is 1. The summed E-state index contributed by atoms with van der Waals surface area (Å²) in [5.41, 5.74) is 1.74. The molecule has 0 saturated carbocycles. The van der Waals surface area contributed by atoms with Crippen LogP contribution >= 0.6 is 0 Å². The van der Waals surface area contributed by atoms with Gasteiger partial charge in [0, 0.05) is 18.0 Å². The molecule has 0 saturated heterocycles. The number of ether oxygens (including phenoxy) is 1. The minimum atomic E-state index is -0.526. The van der Waals surface area contributed by atoms with Gasteiger partial charge in [-0.1, -0.05) is 37.2 Å². The maximum absolute atomic E-state index is 12.1. The minimum Gasteiger partial charge on any atom is -0.489 e. The summed E-state index contributed by atoms with van der Waals surface area (Å²) in [5, 5.41) is 7.81. The molecule has 3 rings (SSSR count). The molecule has 24 heavy (non-hydrogen) atoms. The summed E-state index contributed by atoms with van der Waals surface area (Å²) in [6, 6.07) is 9.66. The standard InChI is InChI=1S/C18H21N3O3/c1-12(2)14-11-16(24-21-14)18(22)20-9-10-23-15-7-3-5-13-6-4-8-19-17(13)15/h3-8,12,16H,9-11H2,1-2H3,(H,20,22)/t16-/m1/s1. The Morgan fingerprint density at radius 1 is 1.38 bits per heavy atom. The van der Waals surface area contributed by atoms with Crippen molar-refractivity contribution in [1.82, 2.24) is 10.3 Å². The van der Waals surface area contributed by atoms with Crippen molar-refractivity contribution >= 4 is 22.5 Å². The van der Waals surface area contributed by atoms with Gasteiger partial charge in [-0.15, -0.1) is 0 Å². The monoisotopic (exact) mass is 327 g/mol. The zero-order valence-corrected chi connectivity index (χ0v) is 13.9. The van der Waals surface area contributed by atoms with Crippen molar-refractivity contribution in [1.29, 1.82) is 0 Å². The molecule has 1 N–H and O–H groups in total. The number of carbonyl (C=O) groups is 1. The molecule has 0 radical (unpaired) electrons. The van der Waals surface area contributed by atoms with E-state index in [9.17, 15) is 4.79 Å². The first-order valence-corrected chi connectivity index (χ1v) is 8.12. The molecular formula is C18H21N3O3. The second-order valence-electron chi connectivity index (χ2n) is 6.01. The Balaban J connectivity index is 1.46. The number of pyridine rings is 1. The molecule has 0 unspecified atom stereocenters. The Kier molecular flexibility index (Phi) is 4.93. The summed E-state index contributed by atoms with van der Waals surface area (Å²) in [7, 11) is 0. The SMILES string of the molecule is CC(C)C1=NO[C@@H](C(=O)NCCOc2cccc3cccnc23)C1. The number of nitrogens with one attached hydrogen (secondary N) is 1. The van der Waals surface area contributed by atoms with Crippen LogP contribution in [-0.4, -0.2) is 35.9 Å². The molecule has 0 aliphatic carbocycles. The van der Waals surface area contributed by atoms with Crippen LogP contribution in [0.5, 0.6) is 5.75 Å². The van der Waals surface area contributed by atoms with Crippen molar-refractivity contribution in [2.75, 3.05) is 13.2 Å². The third-order valence-corrected chi connectivity index (χ3v) is 3.91. The first-order chi connectivity index (χ1) is 11.6.